The molecule has 1 aliphatic heterocycles. The predicted molar refractivity (Wildman–Crippen MR) is 134 cm³/mol. The van der Waals surface area contributed by atoms with Gasteiger partial charge in [0.15, 0.2) is 0 Å². The van der Waals surface area contributed by atoms with Crippen LogP contribution in [0.15, 0.2) is 36.4 Å². The Kier molecular flexibility index (Phi) is 6.19. The van der Waals surface area contributed by atoms with Gasteiger partial charge in [-0.3, -0.25) is 14.4 Å². The molecule has 0 saturated carbocycles. The van der Waals surface area contributed by atoms with E-state index in [9.17, 15) is 18.8 Å². The summed E-state index contributed by atoms with van der Waals surface area (Å²) < 4.78 is 14.1. The summed E-state index contributed by atoms with van der Waals surface area (Å²) in [5.41, 5.74) is 8.56. The van der Waals surface area contributed by atoms with Gasteiger partial charge in [0.05, 0.1) is 18.5 Å². The molecule has 9 nitrogen and oxygen atoms in total. The highest BCUT2D eigenvalue weighted by Gasteiger charge is 2.30. The Morgan fingerprint density at radius 1 is 1.17 bits per heavy atom. The highest BCUT2D eigenvalue weighted by Crippen LogP contribution is 2.37. The molecule has 0 atom stereocenters. The van der Waals surface area contributed by atoms with E-state index in [0.29, 0.717) is 40.1 Å². The van der Waals surface area contributed by atoms with E-state index in [0.717, 1.165) is 10.9 Å². The zero-order chi connectivity index (χ0) is 25.6. The van der Waals surface area contributed by atoms with Crippen LogP contribution in [-0.2, 0) is 31.2 Å². The fourth-order valence-electron chi connectivity index (χ4n) is 4.27. The lowest BCUT2D eigenvalue weighted by Crippen LogP contribution is -2.35. The molecule has 0 radical (unpaired) electrons. The lowest BCUT2D eigenvalue weighted by atomic mass is 10.0. The van der Waals surface area contributed by atoms with E-state index in [1.165, 1.54) is 28.3 Å². The van der Waals surface area contributed by atoms with Crippen molar-refractivity contribution in [1.29, 1.82) is 0 Å². The number of thiophene rings is 1. The summed E-state index contributed by atoms with van der Waals surface area (Å²) in [6.45, 7) is 0.643. The van der Waals surface area contributed by atoms with Gasteiger partial charge in [0.25, 0.3) is 11.8 Å². The average molecular weight is 527 g/mol. The number of carbonyl (C=O) groups excluding carboxylic acids is 3. The summed E-state index contributed by atoms with van der Waals surface area (Å²) in [7, 11) is 1.71. The molecular formula is C24H20ClFN6O3S. The molecule has 0 unspecified atom stereocenters. The highest BCUT2D eigenvalue weighted by molar-refractivity contribution is 7.17. The molecule has 0 spiro atoms. The Hall–Kier alpha value is -3.83. The molecule has 36 heavy (non-hydrogen) atoms. The molecule has 12 heteroatoms. The number of hydrogen-bond donors (Lipinski definition) is 2. The van der Waals surface area contributed by atoms with Gasteiger partial charge >= 0.3 is 0 Å². The number of benzene rings is 2. The van der Waals surface area contributed by atoms with Crippen LogP contribution in [0.3, 0.4) is 0 Å². The lowest BCUT2D eigenvalue weighted by molar-refractivity contribution is -0.115. The molecular weight excluding hydrogens is 507 g/mol. The van der Waals surface area contributed by atoms with Gasteiger partial charge in [0.2, 0.25) is 5.91 Å². The van der Waals surface area contributed by atoms with E-state index in [2.05, 4.69) is 15.5 Å². The summed E-state index contributed by atoms with van der Waals surface area (Å²) in [5, 5.41) is 11.7. The highest BCUT2D eigenvalue weighted by atomic mass is 35.5. The zero-order valence-corrected chi connectivity index (χ0v) is 20.6. The molecule has 3 amide bonds. The molecule has 0 fully saturated rings. The van der Waals surface area contributed by atoms with E-state index in [1.807, 2.05) is 0 Å². The van der Waals surface area contributed by atoms with Crippen molar-refractivity contribution < 1.29 is 18.8 Å². The fraction of sp³-hybridized carbons (Fsp3) is 0.208. The molecule has 2 aromatic carbocycles. The number of carbonyl (C=O) groups is 3. The van der Waals surface area contributed by atoms with Crippen LogP contribution in [0.25, 0.3) is 11.0 Å². The minimum absolute atomic E-state index is 0.175. The van der Waals surface area contributed by atoms with Gasteiger partial charge in [-0.2, -0.15) is 15.0 Å². The number of aromatic nitrogens is 3. The number of aryl methyl sites for hydroxylation is 1. The van der Waals surface area contributed by atoms with Gasteiger partial charge in [-0.05, 0) is 47.9 Å². The van der Waals surface area contributed by atoms with Crippen LogP contribution in [0, 0.1) is 5.82 Å². The van der Waals surface area contributed by atoms with Crippen molar-refractivity contribution in [3.8, 4) is 0 Å². The van der Waals surface area contributed by atoms with Crippen LogP contribution in [0.5, 0.6) is 0 Å². The predicted octanol–water partition coefficient (Wildman–Crippen LogP) is 3.30. The number of halogens is 2. The third-order valence-electron chi connectivity index (χ3n) is 5.94. The molecule has 4 aromatic rings. The van der Waals surface area contributed by atoms with Crippen molar-refractivity contribution in [1.82, 2.24) is 19.9 Å². The Morgan fingerprint density at radius 3 is 2.69 bits per heavy atom. The third-order valence-corrected chi connectivity index (χ3v) is 7.30. The number of primary amides is 1. The zero-order valence-electron chi connectivity index (χ0n) is 19.0. The van der Waals surface area contributed by atoms with Gasteiger partial charge in [-0.1, -0.05) is 17.7 Å². The normalized spacial score (nSPS) is 13.0. The third kappa shape index (κ3) is 4.54. The first-order valence-corrected chi connectivity index (χ1v) is 12.2. The Bertz CT molecular complexity index is 1550. The van der Waals surface area contributed by atoms with Crippen LogP contribution >= 0.6 is 22.9 Å². The SMILES string of the molecule is Cn1nc2ccc(C(=O)N3CCc4c(sc(NC(=O)Cc5ccc(Cl)cc5F)c4C(N)=O)C3)cc2n1. The molecule has 3 N–H and O–H groups in total. The minimum Gasteiger partial charge on any atom is -0.365 e. The Balaban J connectivity index is 1.36. The van der Waals surface area contributed by atoms with Crippen molar-refractivity contribution in [3.05, 3.63) is 74.4 Å². The lowest BCUT2D eigenvalue weighted by Gasteiger charge is -2.27. The van der Waals surface area contributed by atoms with E-state index in [-0.39, 0.29) is 35.0 Å². The number of nitrogens with zero attached hydrogens (tertiary/aromatic N) is 4. The maximum atomic E-state index is 14.1. The molecule has 1 aliphatic rings. The molecule has 5 rings (SSSR count). The molecule has 3 heterocycles. The number of nitrogens with one attached hydrogen (secondary N) is 1. The van der Waals surface area contributed by atoms with Crippen molar-refractivity contribution in [2.24, 2.45) is 12.8 Å². The van der Waals surface area contributed by atoms with Gasteiger partial charge in [-0.25, -0.2) is 4.39 Å². The largest absolute Gasteiger partial charge is 0.365 e. The van der Waals surface area contributed by atoms with Crippen molar-refractivity contribution in [2.75, 3.05) is 11.9 Å². The maximum Gasteiger partial charge on any atom is 0.254 e. The molecule has 184 valence electrons. The van der Waals surface area contributed by atoms with Crippen molar-refractivity contribution in [2.45, 2.75) is 19.4 Å². The number of amides is 3. The standard InChI is InChI=1S/C24H20ClFN6O3S/c1-31-29-17-5-3-13(8-18(17)30-31)24(35)32-7-6-15-19(11-32)36-23(21(15)22(27)34)28-20(33)9-12-2-4-14(25)10-16(12)26/h2-5,8,10H,6-7,9,11H2,1H3,(H2,27,34)(H,28,33). The molecule has 0 aliphatic carbocycles. The summed E-state index contributed by atoms with van der Waals surface area (Å²) in [5.74, 6) is -1.94. The number of anilines is 1. The number of hydrogen-bond acceptors (Lipinski definition) is 6. The minimum atomic E-state index is -0.673. The molecule has 2 aromatic heterocycles. The first-order valence-electron chi connectivity index (χ1n) is 11.0. The second-order valence-electron chi connectivity index (χ2n) is 8.40. The molecule has 0 bridgehead atoms. The quantitative estimate of drug-likeness (QED) is 0.413. The van der Waals surface area contributed by atoms with Crippen molar-refractivity contribution in [3.63, 3.8) is 0 Å². The van der Waals surface area contributed by atoms with E-state index < -0.39 is 17.6 Å². The number of rotatable bonds is 5. The van der Waals surface area contributed by atoms with Crippen LogP contribution in [0.4, 0.5) is 9.39 Å². The second-order valence-corrected chi connectivity index (χ2v) is 9.94. The fourth-order valence-corrected chi connectivity index (χ4v) is 5.72. The van der Waals surface area contributed by atoms with Crippen molar-refractivity contribution >= 4 is 56.7 Å². The Morgan fingerprint density at radius 2 is 1.94 bits per heavy atom. The van der Waals surface area contributed by atoms with E-state index >= 15 is 0 Å². The average Bonchev–Trinajstić information content (AvgIpc) is 3.38. The van der Waals surface area contributed by atoms with E-state index in [4.69, 9.17) is 17.3 Å². The Labute approximate surface area is 213 Å². The summed E-state index contributed by atoms with van der Waals surface area (Å²) >= 11 is 6.96. The topological polar surface area (TPSA) is 123 Å². The second kappa shape index (κ2) is 9.32. The van der Waals surface area contributed by atoms with Gasteiger partial charge in [0.1, 0.15) is 21.9 Å². The van der Waals surface area contributed by atoms with Crippen LogP contribution in [-0.4, -0.2) is 44.2 Å². The summed E-state index contributed by atoms with van der Waals surface area (Å²) in [4.78, 5) is 42.0. The maximum absolute atomic E-state index is 14.1. The molecule has 0 saturated heterocycles. The monoisotopic (exact) mass is 526 g/mol. The van der Waals surface area contributed by atoms with Crippen LogP contribution in [0.1, 0.15) is 36.7 Å². The van der Waals surface area contributed by atoms with E-state index in [1.54, 1.807) is 30.1 Å². The van der Waals surface area contributed by atoms with Crippen LogP contribution in [0.2, 0.25) is 5.02 Å². The number of nitrogens with two attached hydrogens (primary N) is 1. The first-order chi connectivity index (χ1) is 17.2. The number of fused-ring (bicyclic) bond motifs is 2. The smallest absolute Gasteiger partial charge is 0.254 e. The van der Waals surface area contributed by atoms with Crippen LogP contribution < -0.4 is 11.1 Å². The van der Waals surface area contributed by atoms with Gasteiger partial charge in [0, 0.05) is 29.1 Å². The van der Waals surface area contributed by atoms with Gasteiger partial charge in [-0.15, -0.1) is 11.3 Å². The first kappa shape index (κ1) is 23.9. The van der Waals surface area contributed by atoms with Gasteiger partial charge < -0.3 is 16.0 Å². The summed E-state index contributed by atoms with van der Waals surface area (Å²) in [6.07, 6.45) is 0.171. The summed E-state index contributed by atoms with van der Waals surface area (Å²) in [6, 6.07) is 9.23.